The molecule has 0 unspecified atom stereocenters. The van der Waals surface area contributed by atoms with E-state index in [2.05, 4.69) is 28.6 Å². The van der Waals surface area contributed by atoms with Gasteiger partial charge in [0.25, 0.3) is 5.91 Å². The number of amides is 1. The summed E-state index contributed by atoms with van der Waals surface area (Å²) >= 11 is 12.1. The number of hydrogen-bond donors (Lipinski definition) is 2. The van der Waals surface area contributed by atoms with Gasteiger partial charge in [-0.25, -0.2) is 0 Å². The van der Waals surface area contributed by atoms with Gasteiger partial charge in [0.2, 0.25) is 0 Å². The minimum Gasteiger partial charge on any atom is -0.351 e. The molecule has 1 aliphatic heterocycles. The van der Waals surface area contributed by atoms with Crippen LogP contribution in [0.4, 0.5) is 0 Å². The Morgan fingerprint density at radius 3 is 2.72 bits per heavy atom. The topological polar surface area (TPSA) is 54.0 Å². The van der Waals surface area contributed by atoms with E-state index in [-0.39, 0.29) is 11.3 Å². The second-order valence-corrected chi connectivity index (χ2v) is 7.35. The summed E-state index contributed by atoms with van der Waals surface area (Å²) in [4.78, 5) is 17.2. The largest absolute Gasteiger partial charge is 0.351 e. The standard InChI is InChI=1S/C19H21Cl2N3O/c1-13-3-2-8-23-17(13)19(6-9-22-10-7-19)12-24-18(25)15-5-4-14(20)11-16(15)21/h2-5,8,11,22H,6-7,9-10,12H2,1H3,(H,24,25). The first-order valence-corrected chi connectivity index (χ1v) is 9.13. The van der Waals surface area contributed by atoms with Gasteiger partial charge in [-0.15, -0.1) is 0 Å². The first-order valence-electron chi connectivity index (χ1n) is 8.38. The highest BCUT2D eigenvalue weighted by Gasteiger charge is 2.36. The summed E-state index contributed by atoms with van der Waals surface area (Å²) < 4.78 is 0. The molecule has 2 heterocycles. The second kappa shape index (κ2) is 7.73. The number of rotatable bonds is 4. The third-order valence-electron chi connectivity index (χ3n) is 4.84. The number of halogens is 2. The van der Waals surface area contributed by atoms with Crippen LogP contribution >= 0.6 is 23.2 Å². The molecule has 3 rings (SSSR count). The molecule has 0 radical (unpaired) electrons. The van der Waals surface area contributed by atoms with Gasteiger partial charge in [-0.05, 0) is 62.7 Å². The molecule has 0 spiro atoms. The van der Waals surface area contributed by atoms with Crippen LogP contribution in [0.15, 0.2) is 36.5 Å². The van der Waals surface area contributed by atoms with E-state index in [9.17, 15) is 4.79 Å². The van der Waals surface area contributed by atoms with E-state index in [1.165, 1.54) is 0 Å². The van der Waals surface area contributed by atoms with E-state index < -0.39 is 0 Å². The monoisotopic (exact) mass is 377 g/mol. The minimum absolute atomic E-state index is 0.162. The van der Waals surface area contributed by atoms with Crippen LogP contribution in [-0.2, 0) is 5.41 Å². The number of carbonyl (C=O) groups excluding carboxylic acids is 1. The number of aryl methyl sites for hydroxylation is 1. The number of nitrogens with one attached hydrogen (secondary N) is 2. The zero-order valence-corrected chi connectivity index (χ0v) is 15.6. The summed E-state index contributed by atoms with van der Waals surface area (Å²) in [5, 5.41) is 7.32. The van der Waals surface area contributed by atoms with Crippen LogP contribution in [0.3, 0.4) is 0 Å². The van der Waals surface area contributed by atoms with Crippen molar-refractivity contribution in [3.8, 4) is 0 Å². The molecule has 0 atom stereocenters. The SMILES string of the molecule is Cc1cccnc1C1(CNC(=O)c2ccc(Cl)cc2Cl)CCNCC1. The third-order valence-corrected chi connectivity index (χ3v) is 5.38. The van der Waals surface area contributed by atoms with Crippen molar-refractivity contribution >= 4 is 29.1 Å². The zero-order valence-electron chi connectivity index (χ0n) is 14.1. The Labute approximate surface area is 157 Å². The highest BCUT2D eigenvalue weighted by molar-refractivity contribution is 6.36. The van der Waals surface area contributed by atoms with E-state index in [4.69, 9.17) is 23.2 Å². The van der Waals surface area contributed by atoms with Crippen LogP contribution in [-0.4, -0.2) is 30.5 Å². The Hall–Kier alpha value is -1.62. The van der Waals surface area contributed by atoms with Crippen molar-refractivity contribution in [2.24, 2.45) is 0 Å². The van der Waals surface area contributed by atoms with Crippen molar-refractivity contribution in [1.29, 1.82) is 0 Å². The lowest BCUT2D eigenvalue weighted by Crippen LogP contribution is -2.48. The van der Waals surface area contributed by atoms with E-state index in [1.54, 1.807) is 18.2 Å². The fourth-order valence-electron chi connectivity index (χ4n) is 3.46. The van der Waals surface area contributed by atoms with Gasteiger partial charge in [0, 0.05) is 23.2 Å². The average molecular weight is 378 g/mol. The second-order valence-electron chi connectivity index (χ2n) is 6.51. The molecule has 1 aliphatic rings. The molecule has 0 saturated carbocycles. The Bertz CT molecular complexity index is 773. The number of aromatic nitrogens is 1. The molecule has 1 amide bonds. The Morgan fingerprint density at radius 2 is 2.04 bits per heavy atom. The van der Waals surface area contributed by atoms with Crippen LogP contribution in [0, 0.1) is 6.92 Å². The van der Waals surface area contributed by atoms with Gasteiger partial charge in [-0.2, -0.15) is 0 Å². The Kier molecular flexibility index (Phi) is 5.62. The molecule has 1 aromatic carbocycles. The van der Waals surface area contributed by atoms with Gasteiger partial charge >= 0.3 is 0 Å². The molecule has 2 aromatic rings. The molecule has 4 nitrogen and oxygen atoms in total. The average Bonchev–Trinajstić information content (AvgIpc) is 2.61. The van der Waals surface area contributed by atoms with Crippen molar-refractivity contribution in [3.63, 3.8) is 0 Å². The van der Waals surface area contributed by atoms with Crippen molar-refractivity contribution in [2.75, 3.05) is 19.6 Å². The Morgan fingerprint density at radius 1 is 1.28 bits per heavy atom. The van der Waals surface area contributed by atoms with E-state index in [1.807, 2.05) is 12.3 Å². The van der Waals surface area contributed by atoms with Gasteiger partial charge < -0.3 is 10.6 Å². The highest BCUT2D eigenvalue weighted by atomic mass is 35.5. The van der Waals surface area contributed by atoms with Crippen LogP contribution in [0.1, 0.15) is 34.5 Å². The molecule has 0 bridgehead atoms. The maximum Gasteiger partial charge on any atom is 0.252 e. The van der Waals surface area contributed by atoms with E-state index in [0.717, 1.165) is 37.2 Å². The summed E-state index contributed by atoms with van der Waals surface area (Å²) in [7, 11) is 0. The number of piperidine rings is 1. The van der Waals surface area contributed by atoms with Gasteiger partial charge in [-0.1, -0.05) is 29.3 Å². The van der Waals surface area contributed by atoms with Crippen LogP contribution in [0.25, 0.3) is 0 Å². The fourth-order valence-corrected chi connectivity index (χ4v) is 3.96. The molecule has 6 heteroatoms. The predicted molar refractivity (Wildman–Crippen MR) is 102 cm³/mol. The minimum atomic E-state index is -0.187. The zero-order chi connectivity index (χ0) is 17.9. The summed E-state index contributed by atoms with van der Waals surface area (Å²) in [6.45, 7) is 4.43. The molecular formula is C19H21Cl2N3O. The summed E-state index contributed by atoms with van der Waals surface area (Å²) in [5.74, 6) is -0.187. The van der Waals surface area contributed by atoms with Crippen molar-refractivity contribution in [2.45, 2.75) is 25.2 Å². The van der Waals surface area contributed by atoms with E-state index in [0.29, 0.717) is 22.2 Å². The molecule has 1 fully saturated rings. The number of nitrogens with zero attached hydrogens (tertiary/aromatic N) is 1. The molecule has 1 aromatic heterocycles. The lowest BCUT2D eigenvalue weighted by atomic mass is 9.74. The molecule has 2 N–H and O–H groups in total. The fraction of sp³-hybridized carbons (Fsp3) is 0.368. The van der Waals surface area contributed by atoms with Crippen molar-refractivity contribution in [1.82, 2.24) is 15.6 Å². The van der Waals surface area contributed by atoms with Gasteiger partial charge in [0.1, 0.15) is 0 Å². The maximum absolute atomic E-state index is 12.6. The summed E-state index contributed by atoms with van der Waals surface area (Å²) in [6.07, 6.45) is 3.68. The molecule has 25 heavy (non-hydrogen) atoms. The van der Waals surface area contributed by atoms with Crippen LogP contribution in [0.5, 0.6) is 0 Å². The highest BCUT2D eigenvalue weighted by Crippen LogP contribution is 2.33. The molecule has 1 saturated heterocycles. The number of benzene rings is 1. The number of pyridine rings is 1. The summed E-state index contributed by atoms with van der Waals surface area (Å²) in [6, 6.07) is 8.93. The lowest BCUT2D eigenvalue weighted by molar-refractivity contribution is 0.0937. The van der Waals surface area contributed by atoms with Crippen LogP contribution in [0.2, 0.25) is 10.0 Å². The molecule has 0 aliphatic carbocycles. The predicted octanol–water partition coefficient (Wildman–Crippen LogP) is 3.75. The van der Waals surface area contributed by atoms with E-state index >= 15 is 0 Å². The van der Waals surface area contributed by atoms with Crippen molar-refractivity contribution < 1.29 is 4.79 Å². The molecular weight excluding hydrogens is 357 g/mol. The lowest BCUT2D eigenvalue weighted by Gasteiger charge is -2.38. The Balaban J connectivity index is 1.82. The summed E-state index contributed by atoms with van der Waals surface area (Å²) in [5.41, 5.74) is 2.50. The van der Waals surface area contributed by atoms with Gasteiger partial charge in [0.15, 0.2) is 0 Å². The molecule has 132 valence electrons. The van der Waals surface area contributed by atoms with Gasteiger partial charge in [0.05, 0.1) is 16.3 Å². The van der Waals surface area contributed by atoms with Gasteiger partial charge in [-0.3, -0.25) is 9.78 Å². The van der Waals surface area contributed by atoms with Crippen molar-refractivity contribution in [3.05, 3.63) is 63.4 Å². The quantitative estimate of drug-likeness (QED) is 0.852. The first-order chi connectivity index (χ1) is 12.0. The normalized spacial score (nSPS) is 16.4. The third kappa shape index (κ3) is 3.97. The number of carbonyl (C=O) groups is 1. The smallest absolute Gasteiger partial charge is 0.252 e. The number of hydrogen-bond acceptors (Lipinski definition) is 3. The van der Waals surface area contributed by atoms with Crippen LogP contribution < -0.4 is 10.6 Å². The first kappa shape index (κ1) is 18.2. The maximum atomic E-state index is 12.6.